The first kappa shape index (κ1) is 16.9. The van der Waals surface area contributed by atoms with Crippen molar-refractivity contribution in [3.05, 3.63) is 29.8 Å². The summed E-state index contributed by atoms with van der Waals surface area (Å²) in [5, 5.41) is 13.6. The molecule has 9 nitrogen and oxygen atoms in total. The highest BCUT2D eigenvalue weighted by molar-refractivity contribution is 5.80. The fraction of sp³-hybridized carbons (Fsp3) is 0.375. The van der Waals surface area contributed by atoms with E-state index in [9.17, 15) is 5.11 Å². The second-order valence-corrected chi connectivity index (χ2v) is 5.72. The molecule has 1 aliphatic heterocycles. The lowest BCUT2D eigenvalue weighted by Gasteiger charge is -2.27. The summed E-state index contributed by atoms with van der Waals surface area (Å²) in [5.41, 5.74) is 3.59. The van der Waals surface area contributed by atoms with E-state index in [-0.39, 0.29) is 5.75 Å². The first-order valence-electron chi connectivity index (χ1n) is 7.96. The van der Waals surface area contributed by atoms with Gasteiger partial charge >= 0.3 is 0 Å². The summed E-state index contributed by atoms with van der Waals surface area (Å²) in [5.74, 6) is 1.69. The molecule has 1 aromatic carbocycles. The lowest BCUT2D eigenvalue weighted by Crippen LogP contribution is -2.37. The van der Waals surface area contributed by atoms with E-state index in [1.165, 1.54) is 0 Å². The van der Waals surface area contributed by atoms with Crippen LogP contribution >= 0.6 is 0 Å². The summed E-state index contributed by atoms with van der Waals surface area (Å²) in [6.45, 7) is 2.79. The number of nitrogens with one attached hydrogen (secondary N) is 1. The van der Waals surface area contributed by atoms with Gasteiger partial charge in [-0.15, -0.1) is 0 Å². The molecule has 0 aliphatic carbocycles. The van der Waals surface area contributed by atoms with Crippen LogP contribution in [0.2, 0.25) is 0 Å². The number of morpholine rings is 1. The molecule has 0 atom stereocenters. The Labute approximate surface area is 146 Å². The molecule has 25 heavy (non-hydrogen) atoms. The molecule has 0 bridgehead atoms. The van der Waals surface area contributed by atoms with Crippen LogP contribution < -0.4 is 15.2 Å². The van der Waals surface area contributed by atoms with Gasteiger partial charge in [0.25, 0.3) is 0 Å². The monoisotopic (exact) mass is 343 g/mol. The van der Waals surface area contributed by atoms with Crippen LogP contribution in [0.15, 0.2) is 29.4 Å². The van der Waals surface area contributed by atoms with E-state index in [0.717, 1.165) is 18.7 Å². The van der Waals surface area contributed by atoms with Crippen molar-refractivity contribution >= 4 is 24.1 Å². The van der Waals surface area contributed by atoms with Crippen LogP contribution in [-0.2, 0) is 4.74 Å². The largest absolute Gasteiger partial charge is 0.508 e. The number of hydrogen-bond donors (Lipinski definition) is 2. The molecule has 1 aliphatic rings. The molecule has 0 saturated carbocycles. The Morgan fingerprint density at radius 1 is 1.24 bits per heavy atom. The first-order valence-corrected chi connectivity index (χ1v) is 7.96. The van der Waals surface area contributed by atoms with Crippen LogP contribution in [0.25, 0.3) is 0 Å². The molecule has 0 amide bonds. The van der Waals surface area contributed by atoms with E-state index in [1.807, 2.05) is 25.1 Å². The summed E-state index contributed by atoms with van der Waals surface area (Å²) in [6, 6.07) is 6.81. The van der Waals surface area contributed by atoms with Crippen molar-refractivity contribution < 1.29 is 9.84 Å². The number of aromatic nitrogens is 3. The number of aromatic hydroxyl groups is 1. The zero-order valence-corrected chi connectivity index (χ0v) is 14.3. The van der Waals surface area contributed by atoms with Gasteiger partial charge in [-0.2, -0.15) is 20.1 Å². The van der Waals surface area contributed by atoms with Gasteiger partial charge in [0.15, 0.2) is 0 Å². The van der Waals surface area contributed by atoms with Crippen molar-refractivity contribution in [1.82, 2.24) is 15.0 Å². The first-order chi connectivity index (χ1) is 12.1. The van der Waals surface area contributed by atoms with Crippen LogP contribution in [0.1, 0.15) is 5.56 Å². The highest BCUT2D eigenvalue weighted by Gasteiger charge is 2.17. The average Bonchev–Trinajstić information content (AvgIpc) is 2.62. The van der Waals surface area contributed by atoms with Gasteiger partial charge in [0.2, 0.25) is 17.8 Å². The van der Waals surface area contributed by atoms with Gasteiger partial charge in [0.05, 0.1) is 19.4 Å². The maximum Gasteiger partial charge on any atom is 0.250 e. The van der Waals surface area contributed by atoms with Gasteiger partial charge < -0.3 is 19.6 Å². The molecule has 1 aromatic heterocycles. The Hall–Kier alpha value is -2.94. The van der Waals surface area contributed by atoms with Gasteiger partial charge in [-0.25, -0.2) is 5.43 Å². The number of benzene rings is 1. The second-order valence-electron chi connectivity index (χ2n) is 5.72. The van der Waals surface area contributed by atoms with Gasteiger partial charge in [0.1, 0.15) is 5.75 Å². The number of phenolic OH excluding ortho intramolecular Hbond substituents is 1. The molecule has 132 valence electrons. The number of phenols is 1. The standard InChI is InChI=1S/C16H21N7O2/c1-22(2)15-18-14(19-16(20-15)23-6-8-25-9-7-23)21-17-11-12-4-3-5-13(24)10-12/h3-5,10-11,24H,6-9H2,1-2H3,(H,18,19,20,21). The summed E-state index contributed by atoms with van der Waals surface area (Å²) < 4.78 is 5.37. The second kappa shape index (κ2) is 7.75. The Bertz CT molecular complexity index is 745. The quantitative estimate of drug-likeness (QED) is 0.611. The number of ether oxygens (including phenoxy) is 1. The molecular weight excluding hydrogens is 322 g/mol. The number of rotatable bonds is 5. The van der Waals surface area contributed by atoms with E-state index in [0.29, 0.717) is 31.1 Å². The molecule has 3 rings (SSSR count). The summed E-state index contributed by atoms with van der Waals surface area (Å²) in [6.07, 6.45) is 1.59. The van der Waals surface area contributed by atoms with Crippen LogP contribution in [0.4, 0.5) is 17.8 Å². The van der Waals surface area contributed by atoms with Crippen molar-refractivity contribution in [3.63, 3.8) is 0 Å². The van der Waals surface area contributed by atoms with E-state index >= 15 is 0 Å². The van der Waals surface area contributed by atoms with Gasteiger partial charge in [-0.05, 0) is 17.7 Å². The van der Waals surface area contributed by atoms with Crippen LogP contribution in [0.5, 0.6) is 5.75 Å². The van der Waals surface area contributed by atoms with Crippen molar-refractivity contribution in [3.8, 4) is 5.75 Å². The zero-order chi connectivity index (χ0) is 17.6. The molecule has 0 spiro atoms. The third-order valence-electron chi connectivity index (χ3n) is 3.55. The van der Waals surface area contributed by atoms with Gasteiger partial charge in [-0.1, -0.05) is 12.1 Å². The number of nitrogens with zero attached hydrogens (tertiary/aromatic N) is 6. The van der Waals surface area contributed by atoms with Crippen molar-refractivity contribution in [2.75, 3.05) is 55.6 Å². The maximum atomic E-state index is 9.47. The van der Waals surface area contributed by atoms with E-state index in [1.54, 1.807) is 24.4 Å². The smallest absolute Gasteiger partial charge is 0.250 e. The number of hydrazone groups is 1. The van der Waals surface area contributed by atoms with Gasteiger partial charge in [-0.3, -0.25) is 0 Å². The Morgan fingerprint density at radius 3 is 2.76 bits per heavy atom. The summed E-state index contributed by atoms with van der Waals surface area (Å²) in [4.78, 5) is 17.1. The van der Waals surface area contributed by atoms with Crippen molar-refractivity contribution in [2.24, 2.45) is 5.10 Å². The third kappa shape index (κ3) is 4.54. The normalized spacial score (nSPS) is 14.7. The molecule has 9 heteroatoms. The van der Waals surface area contributed by atoms with Crippen LogP contribution in [0, 0.1) is 0 Å². The molecule has 2 aromatic rings. The molecule has 0 unspecified atom stereocenters. The van der Waals surface area contributed by atoms with E-state index in [2.05, 4.69) is 30.4 Å². The highest BCUT2D eigenvalue weighted by atomic mass is 16.5. The predicted octanol–water partition coefficient (Wildman–Crippen LogP) is 0.926. The number of anilines is 3. The fourth-order valence-corrected chi connectivity index (χ4v) is 2.28. The van der Waals surface area contributed by atoms with E-state index in [4.69, 9.17) is 4.74 Å². The lowest BCUT2D eigenvalue weighted by molar-refractivity contribution is 0.122. The topological polar surface area (TPSA) is 99.0 Å². The fourth-order valence-electron chi connectivity index (χ4n) is 2.28. The molecule has 1 fully saturated rings. The minimum atomic E-state index is 0.189. The minimum absolute atomic E-state index is 0.189. The number of hydrogen-bond acceptors (Lipinski definition) is 9. The summed E-state index contributed by atoms with van der Waals surface area (Å²) >= 11 is 0. The Morgan fingerprint density at radius 2 is 2.04 bits per heavy atom. The Balaban J connectivity index is 1.78. The SMILES string of the molecule is CN(C)c1nc(NN=Cc2cccc(O)c2)nc(N2CCOCC2)n1. The van der Waals surface area contributed by atoms with E-state index < -0.39 is 0 Å². The maximum absolute atomic E-state index is 9.47. The highest BCUT2D eigenvalue weighted by Crippen LogP contribution is 2.16. The summed E-state index contributed by atoms with van der Waals surface area (Å²) in [7, 11) is 3.75. The molecule has 2 N–H and O–H groups in total. The molecular formula is C16H21N7O2. The molecule has 0 radical (unpaired) electrons. The molecule has 1 saturated heterocycles. The minimum Gasteiger partial charge on any atom is -0.508 e. The van der Waals surface area contributed by atoms with Crippen molar-refractivity contribution in [2.45, 2.75) is 0 Å². The zero-order valence-electron chi connectivity index (χ0n) is 14.3. The molecule has 2 heterocycles. The van der Waals surface area contributed by atoms with Crippen LogP contribution in [-0.4, -0.2) is 66.7 Å². The third-order valence-corrected chi connectivity index (χ3v) is 3.55. The average molecular weight is 343 g/mol. The predicted molar refractivity (Wildman–Crippen MR) is 96.5 cm³/mol. The Kier molecular flexibility index (Phi) is 5.24. The van der Waals surface area contributed by atoms with Gasteiger partial charge in [0, 0.05) is 27.2 Å². The van der Waals surface area contributed by atoms with Crippen LogP contribution in [0.3, 0.4) is 0 Å². The van der Waals surface area contributed by atoms with Crippen molar-refractivity contribution in [1.29, 1.82) is 0 Å². The lowest BCUT2D eigenvalue weighted by atomic mass is 10.2.